The first kappa shape index (κ1) is 44.6. The number of hydrogen-bond donors (Lipinski definition) is 2. The van der Waals surface area contributed by atoms with Crippen LogP contribution >= 0.6 is 15.9 Å². The number of imidazole rings is 2. The summed E-state index contributed by atoms with van der Waals surface area (Å²) in [6, 6.07) is 17.2. The molecule has 17 heteroatoms. The van der Waals surface area contributed by atoms with E-state index in [0.29, 0.717) is 76.2 Å². The normalized spacial score (nSPS) is 12.0. The molecular weight excluding hydrogens is 911 g/mol. The van der Waals surface area contributed by atoms with Crippen LogP contribution in [0.1, 0.15) is 59.7 Å². The standard InChI is InChI=1S/C24H18FN5O2.C16H11BrFN5O.C9H10O/c1-14-9-15(13-31)3-4-16(14)19-11-28-24(30-12-22(26-2)29-23(19)30)27-10-18-17-7-8-32-21(17)6-5-20(18)25;1-19-14-8-23-15(22-14)11(17)7-21-16(23)20-6-10-9-4-5-24-13(9)3-2-12(10)18;1-7-3-4-9(6-10)5-8(7)2/h3-6,9,11-13H,7-8,10H2,1H3,(H,27,28);2-3,7-8H,4-6H2,(H,20,21);3-6H,1-2H3. The minimum atomic E-state index is -0.298. The molecule has 0 bridgehead atoms. The summed E-state index contributed by atoms with van der Waals surface area (Å²) < 4.78 is 43.8. The van der Waals surface area contributed by atoms with Gasteiger partial charge >= 0.3 is 0 Å². The average molecular weight is 950 g/mol. The molecule has 2 N–H and O–H groups in total. The van der Waals surface area contributed by atoms with E-state index < -0.39 is 0 Å². The predicted molar refractivity (Wildman–Crippen MR) is 249 cm³/mol. The molecule has 66 heavy (non-hydrogen) atoms. The molecule has 8 aromatic rings. The van der Waals surface area contributed by atoms with Crippen molar-refractivity contribution in [3.8, 4) is 22.6 Å². The number of benzene rings is 4. The van der Waals surface area contributed by atoms with Gasteiger partial charge in [0.25, 0.3) is 11.6 Å². The maximum atomic E-state index is 14.5. The Morgan fingerprint density at radius 1 is 0.682 bits per heavy atom. The molecule has 0 saturated carbocycles. The largest absolute Gasteiger partial charge is 0.493 e. The van der Waals surface area contributed by atoms with E-state index in [9.17, 15) is 18.4 Å². The molecule has 0 atom stereocenters. The van der Waals surface area contributed by atoms with Gasteiger partial charge in [-0.15, -0.1) is 0 Å². The lowest BCUT2D eigenvalue weighted by Crippen LogP contribution is -2.09. The molecule has 10 rings (SSSR count). The number of carbonyl (C=O) groups excluding carboxylic acids is 2. The van der Waals surface area contributed by atoms with Gasteiger partial charge in [-0.05, 0) is 95.4 Å². The Morgan fingerprint density at radius 3 is 1.73 bits per heavy atom. The van der Waals surface area contributed by atoms with Crippen LogP contribution in [0.5, 0.6) is 11.5 Å². The lowest BCUT2D eigenvalue weighted by molar-refractivity contribution is 0.111. The summed E-state index contributed by atoms with van der Waals surface area (Å²) in [4.78, 5) is 45.6. The Bertz CT molecular complexity index is 3280. The number of fused-ring (bicyclic) bond motifs is 4. The van der Waals surface area contributed by atoms with Gasteiger partial charge in [0.15, 0.2) is 0 Å². The third-order valence-corrected chi connectivity index (χ3v) is 11.8. The summed E-state index contributed by atoms with van der Waals surface area (Å²) in [5.74, 6) is 2.32. The molecule has 330 valence electrons. The van der Waals surface area contributed by atoms with E-state index >= 15 is 0 Å². The molecule has 14 nitrogen and oxygen atoms in total. The topological polar surface area (TPSA) is 146 Å². The van der Waals surface area contributed by atoms with E-state index in [0.717, 1.165) is 51.7 Å². The van der Waals surface area contributed by atoms with E-state index in [1.165, 1.54) is 23.3 Å². The summed E-state index contributed by atoms with van der Waals surface area (Å²) in [6.45, 7) is 22.0. The van der Waals surface area contributed by atoms with E-state index in [1.54, 1.807) is 57.9 Å². The van der Waals surface area contributed by atoms with Crippen LogP contribution in [0.15, 0.2) is 89.9 Å². The molecule has 0 fully saturated rings. The number of rotatable bonds is 9. The predicted octanol–water partition coefficient (Wildman–Crippen LogP) is 10.6. The van der Waals surface area contributed by atoms with Gasteiger partial charge in [-0.1, -0.05) is 47.4 Å². The number of aromatic nitrogens is 6. The fourth-order valence-corrected chi connectivity index (χ4v) is 8.09. The molecule has 0 amide bonds. The number of nitrogens with one attached hydrogen (secondary N) is 2. The fraction of sp³-hybridized carbons (Fsp3) is 0.184. The highest BCUT2D eigenvalue weighted by Crippen LogP contribution is 2.34. The smallest absolute Gasteiger partial charge is 0.288 e. The Kier molecular flexibility index (Phi) is 13.1. The monoisotopic (exact) mass is 948 g/mol. The van der Waals surface area contributed by atoms with Gasteiger partial charge < -0.3 is 29.8 Å². The molecule has 2 aliphatic heterocycles. The Labute approximate surface area is 386 Å². The van der Waals surface area contributed by atoms with Crippen LogP contribution in [-0.2, 0) is 25.9 Å². The van der Waals surface area contributed by atoms with Gasteiger partial charge in [0.05, 0.1) is 25.0 Å². The number of anilines is 2. The molecule has 0 radical (unpaired) electrons. The maximum absolute atomic E-state index is 14.5. The summed E-state index contributed by atoms with van der Waals surface area (Å²) in [6.07, 6.45) is 9.50. The van der Waals surface area contributed by atoms with Crippen LogP contribution in [0.4, 0.5) is 32.3 Å². The van der Waals surface area contributed by atoms with Gasteiger partial charge in [-0.3, -0.25) is 18.4 Å². The van der Waals surface area contributed by atoms with Crippen LogP contribution in [0.3, 0.4) is 0 Å². The van der Waals surface area contributed by atoms with Gasteiger partial charge in [0, 0.05) is 77.9 Å². The fourth-order valence-electron chi connectivity index (χ4n) is 7.71. The zero-order valence-electron chi connectivity index (χ0n) is 35.8. The molecule has 4 aromatic carbocycles. The molecular formula is C49H39BrF2N10O4. The van der Waals surface area contributed by atoms with Crippen molar-refractivity contribution in [3.63, 3.8) is 0 Å². The molecule has 0 aliphatic carbocycles. The van der Waals surface area contributed by atoms with Crippen molar-refractivity contribution in [2.24, 2.45) is 0 Å². The maximum Gasteiger partial charge on any atom is 0.288 e. The molecule has 6 heterocycles. The number of aldehydes is 2. The number of nitrogens with zero attached hydrogens (tertiary/aromatic N) is 8. The van der Waals surface area contributed by atoms with Gasteiger partial charge in [0.1, 0.15) is 40.2 Å². The lowest BCUT2D eigenvalue weighted by atomic mass is 10.0. The first-order valence-corrected chi connectivity index (χ1v) is 21.4. The van der Waals surface area contributed by atoms with Crippen molar-refractivity contribution in [1.82, 2.24) is 28.7 Å². The van der Waals surface area contributed by atoms with Crippen molar-refractivity contribution in [2.45, 2.75) is 46.7 Å². The third-order valence-electron chi connectivity index (χ3n) is 11.2. The summed E-state index contributed by atoms with van der Waals surface area (Å²) >= 11 is 3.37. The van der Waals surface area contributed by atoms with Crippen LogP contribution in [0.25, 0.3) is 32.1 Å². The first-order chi connectivity index (χ1) is 32.0. The van der Waals surface area contributed by atoms with Crippen LogP contribution in [0, 0.1) is 45.5 Å². The Balaban J connectivity index is 0.000000153. The second kappa shape index (κ2) is 19.4. The average Bonchev–Trinajstić information content (AvgIpc) is 4.17. The number of aryl methyl sites for hydroxylation is 3. The molecule has 0 saturated heterocycles. The Hall–Kier alpha value is -8.02. The van der Waals surface area contributed by atoms with E-state index in [4.69, 9.17) is 22.6 Å². The molecule has 0 spiro atoms. The minimum absolute atomic E-state index is 0.221. The van der Waals surface area contributed by atoms with E-state index in [1.807, 2.05) is 45.0 Å². The second-order valence-corrected chi connectivity index (χ2v) is 16.2. The highest BCUT2D eigenvalue weighted by Gasteiger charge is 2.23. The zero-order chi connectivity index (χ0) is 46.5. The number of halogens is 3. The van der Waals surface area contributed by atoms with E-state index in [-0.39, 0.29) is 36.4 Å². The van der Waals surface area contributed by atoms with Crippen molar-refractivity contribution in [2.75, 3.05) is 23.8 Å². The highest BCUT2D eigenvalue weighted by molar-refractivity contribution is 9.10. The van der Waals surface area contributed by atoms with Crippen LogP contribution < -0.4 is 20.1 Å². The zero-order valence-corrected chi connectivity index (χ0v) is 37.4. The Morgan fingerprint density at radius 2 is 1.20 bits per heavy atom. The number of hydrogen-bond acceptors (Lipinski definition) is 10. The van der Waals surface area contributed by atoms with Crippen molar-refractivity contribution in [1.29, 1.82) is 0 Å². The number of carbonyl (C=O) groups is 2. The molecule has 2 aliphatic rings. The second-order valence-electron chi connectivity index (χ2n) is 15.3. The summed E-state index contributed by atoms with van der Waals surface area (Å²) in [5, 5.41) is 6.32. The lowest BCUT2D eigenvalue weighted by Gasteiger charge is -2.13. The SMILES string of the molecule is Cc1ccc(C=O)cc1C.[C-]#[N+]c1cn2c(NCc3c(F)ccc4c3CCO4)ncc(-c3ccc(C=O)cc3C)c2n1.[C-]#[N+]c1cn2c(NCc3c(F)ccc4c3CCO4)ncc(Br)c2n1. The van der Waals surface area contributed by atoms with Crippen LogP contribution in [0.2, 0.25) is 0 Å². The van der Waals surface area contributed by atoms with Gasteiger partial charge in [-0.2, -0.15) is 0 Å². The van der Waals surface area contributed by atoms with Gasteiger partial charge in [-0.25, -0.2) is 18.7 Å². The molecule has 0 unspecified atom stereocenters. The van der Waals surface area contributed by atoms with Crippen molar-refractivity contribution < 1.29 is 27.8 Å². The summed E-state index contributed by atoms with van der Waals surface area (Å²) in [5.41, 5.74) is 10.3. The van der Waals surface area contributed by atoms with Crippen LogP contribution in [-0.4, -0.2) is 54.5 Å². The minimum Gasteiger partial charge on any atom is -0.493 e. The van der Waals surface area contributed by atoms with E-state index in [2.05, 4.69) is 56.2 Å². The number of ether oxygens (including phenoxy) is 2. The summed E-state index contributed by atoms with van der Waals surface area (Å²) in [7, 11) is 0. The van der Waals surface area contributed by atoms with Crippen molar-refractivity contribution >= 4 is 63.3 Å². The van der Waals surface area contributed by atoms with Gasteiger partial charge in [0.2, 0.25) is 23.2 Å². The third kappa shape index (κ3) is 9.15. The highest BCUT2D eigenvalue weighted by atomic mass is 79.9. The first-order valence-electron chi connectivity index (χ1n) is 20.6. The van der Waals surface area contributed by atoms with Crippen molar-refractivity contribution in [3.05, 3.63) is 174 Å². The molecule has 4 aromatic heterocycles. The quantitative estimate of drug-likeness (QED) is 0.106.